The number of nitrogens with one attached hydrogen (secondary N) is 1. The summed E-state index contributed by atoms with van der Waals surface area (Å²) in [5.74, 6) is 7.38. The summed E-state index contributed by atoms with van der Waals surface area (Å²) in [6, 6.07) is 0.529. The molecule has 0 radical (unpaired) electrons. The zero-order valence-corrected chi connectivity index (χ0v) is 11.8. The summed E-state index contributed by atoms with van der Waals surface area (Å²) in [6.07, 6.45) is 3.38. The minimum atomic E-state index is 0.118. The maximum Gasteiger partial charge on any atom is 0.0495 e. The molecule has 0 aromatic heterocycles. The van der Waals surface area contributed by atoms with Gasteiger partial charge < -0.3 is 10.1 Å². The Kier molecular flexibility index (Phi) is 6.02. The van der Waals surface area contributed by atoms with E-state index in [0.29, 0.717) is 6.04 Å². The van der Waals surface area contributed by atoms with E-state index in [1.54, 1.807) is 0 Å². The maximum absolute atomic E-state index is 5.43. The van der Waals surface area contributed by atoms with Crippen LogP contribution >= 0.6 is 0 Å². The lowest BCUT2D eigenvalue weighted by Gasteiger charge is -2.18. The summed E-state index contributed by atoms with van der Waals surface area (Å²) in [5.41, 5.74) is 0.118. The first-order valence-electron chi connectivity index (χ1n) is 6.82. The van der Waals surface area contributed by atoms with Crippen molar-refractivity contribution in [3.8, 4) is 11.8 Å². The summed E-state index contributed by atoms with van der Waals surface area (Å²) in [5, 5.41) is 3.54. The summed E-state index contributed by atoms with van der Waals surface area (Å²) in [6.45, 7) is 11.5. The van der Waals surface area contributed by atoms with Gasteiger partial charge in [0, 0.05) is 31.1 Å². The van der Waals surface area contributed by atoms with Gasteiger partial charge in [-0.3, -0.25) is 0 Å². The van der Waals surface area contributed by atoms with E-state index in [2.05, 4.69) is 44.9 Å². The Morgan fingerprint density at radius 3 is 2.71 bits per heavy atom. The van der Waals surface area contributed by atoms with Crippen molar-refractivity contribution in [2.24, 2.45) is 11.3 Å². The first-order valence-corrected chi connectivity index (χ1v) is 6.82. The second-order valence-electron chi connectivity index (χ2n) is 5.98. The van der Waals surface area contributed by atoms with Crippen LogP contribution in [0.15, 0.2) is 0 Å². The first kappa shape index (κ1) is 14.5. The van der Waals surface area contributed by atoms with Crippen LogP contribution in [-0.2, 0) is 4.74 Å². The van der Waals surface area contributed by atoms with Crippen LogP contribution in [0.25, 0.3) is 0 Å². The highest BCUT2D eigenvalue weighted by molar-refractivity contribution is 5.08. The van der Waals surface area contributed by atoms with E-state index in [1.165, 1.54) is 12.8 Å². The first-order chi connectivity index (χ1) is 8.01. The largest absolute Gasteiger partial charge is 0.381 e. The zero-order valence-electron chi connectivity index (χ0n) is 11.8. The van der Waals surface area contributed by atoms with Crippen LogP contribution in [-0.4, -0.2) is 25.8 Å². The molecule has 98 valence electrons. The zero-order chi connectivity index (χ0) is 12.7. The van der Waals surface area contributed by atoms with Crippen LogP contribution in [0.1, 0.15) is 47.0 Å². The van der Waals surface area contributed by atoms with Gasteiger partial charge in [-0.2, -0.15) is 0 Å². The molecule has 1 rings (SSSR count). The summed E-state index contributed by atoms with van der Waals surface area (Å²) >= 11 is 0. The maximum atomic E-state index is 5.43. The molecule has 0 bridgehead atoms. The SMILES string of the molecule is CCNC(CC#CC(C)(C)C)CC1CCOC1. The summed E-state index contributed by atoms with van der Waals surface area (Å²) in [7, 11) is 0. The Morgan fingerprint density at radius 2 is 2.18 bits per heavy atom. The highest BCUT2D eigenvalue weighted by Crippen LogP contribution is 2.19. The molecule has 0 aliphatic carbocycles. The van der Waals surface area contributed by atoms with Crippen LogP contribution < -0.4 is 5.32 Å². The lowest BCUT2D eigenvalue weighted by Crippen LogP contribution is -2.31. The monoisotopic (exact) mass is 237 g/mol. The highest BCUT2D eigenvalue weighted by atomic mass is 16.5. The van der Waals surface area contributed by atoms with Gasteiger partial charge in [-0.15, -0.1) is 5.92 Å². The van der Waals surface area contributed by atoms with E-state index in [-0.39, 0.29) is 5.41 Å². The van der Waals surface area contributed by atoms with Gasteiger partial charge >= 0.3 is 0 Å². The van der Waals surface area contributed by atoms with Crippen molar-refractivity contribution in [1.29, 1.82) is 0 Å². The van der Waals surface area contributed by atoms with Gasteiger partial charge in [0.15, 0.2) is 0 Å². The molecule has 1 aliphatic heterocycles. The minimum absolute atomic E-state index is 0.118. The molecule has 0 spiro atoms. The average Bonchev–Trinajstić information content (AvgIpc) is 2.68. The van der Waals surface area contributed by atoms with E-state index in [0.717, 1.165) is 32.1 Å². The number of hydrogen-bond acceptors (Lipinski definition) is 2. The van der Waals surface area contributed by atoms with E-state index in [4.69, 9.17) is 4.74 Å². The van der Waals surface area contributed by atoms with Gasteiger partial charge in [-0.05, 0) is 46.1 Å². The molecule has 0 aromatic rings. The molecule has 2 unspecified atom stereocenters. The van der Waals surface area contributed by atoms with Gasteiger partial charge in [-0.1, -0.05) is 12.8 Å². The van der Waals surface area contributed by atoms with Gasteiger partial charge in [0.1, 0.15) is 0 Å². The Morgan fingerprint density at radius 1 is 1.41 bits per heavy atom. The molecular formula is C15H27NO. The molecule has 1 heterocycles. The molecule has 1 fully saturated rings. The predicted octanol–water partition coefficient (Wildman–Crippen LogP) is 2.83. The van der Waals surface area contributed by atoms with E-state index >= 15 is 0 Å². The minimum Gasteiger partial charge on any atom is -0.381 e. The summed E-state index contributed by atoms with van der Waals surface area (Å²) < 4.78 is 5.43. The molecule has 17 heavy (non-hydrogen) atoms. The molecule has 0 aromatic carbocycles. The van der Waals surface area contributed by atoms with Crippen molar-refractivity contribution >= 4 is 0 Å². The molecule has 1 saturated heterocycles. The van der Waals surface area contributed by atoms with Gasteiger partial charge in [0.05, 0.1) is 0 Å². The fraction of sp³-hybridized carbons (Fsp3) is 0.867. The van der Waals surface area contributed by atoms with Crippen molar-refractivity contribution in [2.45, 2.75) is 53.0 Å². The smallest absolute Gasteiger partial charge is 0.0495 e. The van der Waals surface area contributed by atoms with Gasteiger partial charge in [0.25, 0.3) is 0 Å². The van der Waals surface area contributed by atoms with Crippen molar-refractivity contribution < 1.29 is 4.74 Å². The van der Waals surface area contributed by atoms with Crippen molar-refractivity contribution in [3.63, 3.8) is 0 Å². The number of hydrogen-bond donors (Lipinski definition) is 1. The average molecular weight is 237 g/mol. The second kappa shape index (κ2) is 7.03. The van der Waals surface area contributed by atoms with Crippen molar-refractivity contribution in [2.75, 3.05) is 19.8 Å². The molecule has 0 amide bonds. The standard InChI is InChI=1S/C15H27NO/c1-5-16-14(7-6-9-15(2,3)4)11-13-8-10-17-12-13/h13-14,16H,5,7-8,10-12H2,1-4H3. The molecule has 1 aliphatic rings. The fourth-order valence-electron chi connectivity index (χ4n) is 2.14. The Bertz CT molecular complexity index is 263. The predicted molar refractivity (Wildman–Crippen MR) is 72.9 cm³/mol. The normalized spacial score (nSPS) is 22.0. The molecule has 2 heteroatoms. The summed E-state index contributed by atoms with van der Waals surface area (Å²) in [4.78, 5) is 0. The molecule has 0 saturated carbocycles. The third kappa shape index (κ3) is 6.71. The fourth-order valence-corrected chi connectivity index (χ4v) is 2.14. The van der Waals surface area contributed by atoms with Crippen LogP contribution in [0.5, 0.6) is 0 Å². The Hall–Kier alpha value is -0.520. The Labute approximate surface area is 107 Å². The quantitative estimate of drug-likeness (QED) is 0.742. The van der Waals surface area contributed by atoms with E-state index < -0.39 is 0 Å². The van der Waals surface area contributed by atoms with Crippen molar-refractivity contribution in [1.82, 2.24) is 5.32 Å². The van der Waals surface area contributed by atoms with Gasteiger partial charge in [0.2, 0.25) is 0 Å². The highest BCUT2D eigenvalue weighted by Gasteiger charge is 2.19. The number of rotatable bonds is 5. The third-order valence-electron chi connectivity index (χ3n) is 2.95. The van der Waals surface area contributed by atoms with Crippen LogP contribution in [0.3, 0.4) is 0 Å². The second-order valence-corrected chi connectivity index (χ2v) is 5.98. The van der Waals surface area contributed by atoms with Gasteiger partial charge in [-0.25, -0.2) is 0 Å². The molecule has 2 atom stereocenters. The molecular weight excluding hydrogens is 210 g/mol. The number of ether oxygens (including phenoxy) is 1. The Balaban J connectivity index is 2.38. The van der Waals surface area contributed by atoms with Crippen LogP contribution in [0.4, 0.5) is 0 Å². The van der Waals surface area contributed by atoms with E-state index in [1.807, 2.05) is 0 Å². The van der Waals surface area contributed by atoms with E-state index in [9.17, 15) is 0 Å². The van der Waals surface area contributed by atoms with Crippen molar-refractivity contribution in [3.05, 3.63) is 0 Å². The lowest BCUT2D eigenvalue weighted by molar-refractivity contribution is 0.181. The van der Waals surface area contributed by atoms with Crippen LogP contribution in [0.2, 0.25) is 0 Å². The third-order valence-corrected chi connectivity index (χ3v) is 2.95. The molecule has 2 nitrogen and oxygen atoms in total. The molecule has 1 N–H and O–H groups in total. The topological polar surface area (TPSA) is 21.3 Å². The van der Waals surface area contributed by atoms with Crippen LogP contribution in [0, 0.1) is 23.2 Å². The lowest BCUT2D eigenvalue weighted by atomic mass is 9.95.